The highest BCUT2D eigenvalue weighted by Gasteiger charge is 2.32. The molecule has 1 aliphatic carbocycles. The molecule has 2 aromatic rings. The number of halogens is 1. The average Bonchev–Trinajstić information content (AvgIpc) is 2.86. The summed E-state index contributed by atoms with van der Waals surface area (Å²) >= 11 is 6.14. The summed E-state index contributed by atoms with van der Waals surface area (Å²) in [6.45, 7) is 2.34. The van der Waals surface area contributed by atoms with Crippen molar-refractivity contribution in [1.29, 1.82) is 0 Å². The Balaban J connectivity index is 2.17. The molecule has 1 aliphatic rings. The summed E-state index contributed by atoms with van der Waals surface area (Å²) < 4.78 is 7.66. The van der Waals surface area contributed by atoms with Crippen LogP contribution in [0.25, 0.3) is 11.0 Å². The Kier molecular flexibility index (Phi) is 3.63. The van der Waals surface area contributed by atoms with Gasteiger partial charge in [-0.15, -0.1) is 11.6 Å². The van der Waals surface area contributed by atoms with Crippen LogP contribution in [-0.4, -0.2) is 16.7 Å². The predicted octanol–water partition coefficient (Wildman–Crippen LogP) is 4.46. The van der Waals surface area contributed by atoms with Gasteiger partial charge in [0.05, 0.1) is 24.0 Å². The molecule has 20 heavy (non-hydrogen) atoms. The smallest absolute Gasteiger partial charge is 0.125 e. The highest BCUT2D eigenvalue weighted by atomic mass is 35.5. The zero-order valence-electron chi connectivity index (χ0n) is 12.2. The number of benzene rings is 1. The number of hydrogen-bond acceptors (Lipinski definition) is 2. The molecule has 0 amide bonds. The van der Waals surface area contributed by atoms with Gasteiger partial charge in [0.25, 0.3) is 0 Å². The second-order valence-corrected chi connectivity index (χ2v) is 6.18. The van der Waals surface area contributed by atoms with Crippen LogP contribution in [0.1, 0.15) is 44.9 Å². The monoisotopic (exact) mass is 292 g/mol. The Morgan fingerprint density at radius 1 is 1.30 bits per heavy atom. The largest absolute Gasteiger partial charge is 0.497 e. The van der Waals surface area contributed by atoms with Gasteiger partial charge in [-0.05, 0) is 31.9 Å². The van der Waals surface area contributed by atoms with Gasteiger partial charge in [-0.2, -0.15) is 0 Å². The normalized spacial score (nSPS) is 18.4. The van der Waals surface area contributed by atoms with E-state index in [1.54, 1.807) is 7.11 Å². The van der Waals surface area contributed by atoms with E-state index < -0.39 is 0 Å². The predicted molar refractivity (Wildman–Crippen MR) is 82.6 cm³/mol. The van der Waals surface area contributed by atoms with E-state index >= 15 is 0 Å². The van der Waals surface area contributed by atoms with Crippen molar-refractivity contribution in [2.45, 2.75) is 50.4 Å². The zero-order valence-corrected chi connectivity index (χ0v) is 12.9. The summed E-state index contributed by atoms with van der Waals surface area (Å²) in [7, 11) is 1.68. The molecule has 1 saturated carbocycles. The third kappa shape index (κ3) is 2.18. The molecule has 3 nitrogen and oxygen atoms in total. The fraction of sp³-hybridized carbons (Fsp3) is 0.562. The van der Waals surface area contributed by atoms with Crippen molar-refractivity contribution in [3.05, 3.63) is 24.0 Å². The molecule has 0 aliphatic heterocycles. The van der Waals surface area contributed by atoms with E-state index in [4.69, 9.17) is 21.3 Å². The van der Waals surface area contributed by atoms with E-state index in [0.717, 1.165) is 17.1 Å². The highest BCUT2D eigenvalue weighted by Crippen LogP contribution is 2.38. The minimum Gasteiger partial charge on any atom is -0.497 e. The van der Waals surface area contributed by atoms with Crippen LogP contribution in [0.2, 0.25) is 0 Å². The van der Waals surface area contributed by atoms with Crippen molar-refractivity contribution in [2.75, 3.05) is 7.11 Å². The van der Waals surface area contributed by atoms with Crippen LogP contribution in [0.5, 0.6) is 5.75 Å². The first-order chi connectivity index (χ1) is 9.68. The standard InChI is InChI=1S/C16H21ClN2O/c1-16(8-4-3-5-9-16)19-14-7-6-12(20-2)10-13(14)18-15(19)11-17/h6-7,10H,3-5,8-9,11H2,1-2H3. The van der Waals surface area contributed by atoms with E-state index in [9.17, 15) is 0 Å². The third-order valence-corrected chi connectivity index (χ3v) is 4.76. The van der Waals surface area contributed by atoms with Crippen LogP contribution < -0.4 is 4.74 Å². The van der Waals surface area contributed by atoms with Crippen molar-refractivity contribution < 1.29 is 4.74 Å². The molecule has 1 aromatic heterocycles. The number of methoxy groups -OCH3 is 1. The first-order valence-electron chi connectivity index (χ1n) is 7.30. The number of fused-ring (bicyclic) bond motifs is 1. The van der Waals surface area contributed by atoms with E-state index in [0.29, 0.717) is 5.88 Å². The van der Waals surface area contributed by atoms with Gasteiger partial charge in [0, 0.05) is 11.6 Å². The summed E-state index contributed by atoms with van der Waals surface area (Å²) in [6, 6.07) is 6.11. The van der Waals surface area contributed by atoms with Gasteiger partial charge < -0.3 is 9.30 Å². The summed E-state index contributed by atoms with van der Waals surface area (Å²) in [5.41, 5.74) is 2.30. The molecule has 1 aromatic carbocycles. The van der Waals surface area contributed by atoms with Gasteiger partial charge in [-0.25, -0.2) is 4.98 Å². The minimum absolute atomic E-state index is 0.145. The zero-order chi connectivity index (χ0) is 14.2. The second kappa shape index (κ2) is 5.28. The van der Waals surface area contributed by atoms with Gasteiger partial charge >= 0.3 is 0 Å². The van der Waals surface area contributed by atoms with Crippen molar-refractivity contribution >= 4 is 22.6 Å². The molecule has 0 radical (unpaired) electrons. The maximum Gasteiger partial charge on any atom is 0.125 e. The molecule has 1 fully saturated rings. The summed E-state index contributed by atoms with van der Waals surface area (Å²) in [5.74, 6) is 2.27. The highest BCUT2D eigenvalue weighted by molar-refractivity contribution is 6.16. The second-order valence-electron chi connectivity index (χ2n) is 5.91. The topological polar surface area (TPSA) is 27.1 Å². The first-order valence-corrected chi connectivity index (χ1v) is 7.83. The SMILES string of the molecule is COc1ccc2c(c1)nc(CCl)n2C1(C)CCCCC1. The van der Waals surface area contributed by atoms with Crippen LogP contribution >= 0.6 is 11.6 Å². The third-order valence-electron chi connectivity index (χ3n) is 4.52. The Labute approximate surface area is 124 Å². The van der Waals surface area contributed by atoms with Crippen molar-refractivity contribution in [3.8, 4) is 5.75 Å². The van der Waals surface area contributed by atoms with Gasteiger partial charge in [0.2, 0.25) is 0 Å². The molecule has 0 spiro atoms. The number of aromatic nitrogens is 2. The molecule has 1 heterocycles. The Morgan fingerprint density at radius 2 is 2.05 bits per heavy atom. The first kappa shape index (κ1) is 13.7. The number of imidazole rings is 1. The van der Waals surface area contributed by atoms with Gasteiger partial charge in [0.15, 0.2) is 0 Å². The Hall–Kier alpha value is -1.22. The number of alkyl halides is 1. The quantitative estimate of drug-likeness (QED) is 0.781. The average molecular weight is 293 g/mol. The van der Waals surface area contributed by atoms with Gasteiger partial charge in [-0.3, -0.25) is 0 Å². The molecule has 4 heteroatoms. The maximum absolute atomic E-state index is 6.14. The molecular formula is C16H21ClN2O. The van der Waals surface area contributed by atoms with Crippen LogP contribution in [0.4, 0.5) is 0 Å². The number of nitrogens with zero attached hydrogens (tertiary/aromatic N) is 2. The van der Waals surface area contributed by atoms with E-state index in [1.807, 2.05) is 12.1 Å². The number of ether oxygens (including phenoxy) is 1. The Bertz CT molecular complexity index is 614. The summed E-state index contributed by atoms with van der Waals surface area (Å²) in [4.78, 5) is 4.71. The van der Waals surface area contributed by atoms with E-state index in [2.05, 4.69) is 17.6 Å². The van der Waals surface area contributed by atoms with Crippen LogP contribution in [0.15, 0.2) is 18.2 Å². The number of hydrogen-bond donors (Lipinski definition) is 0. The molecular weight excluding hydrogens is 272 g/mol. The molecule has 0 saturated heterocycles. The fourth-order valence-electron chi connectivity index (χ4n) is 3.47. The molecule has 0 N–H and O–H groups in total. The fourth-order valence-corrected chi connectivity index (χ4v) is 3.65. The number of rotatable bonds is 3. The van der Waals surface area contributed by atoms with Crippen LogP contribution in [-0.2, 0) is 11.4 Å². The molecule has 0 atom stereocenters. The molecule has 3 rings (SSSR count). The van der Waals surface area contributed by atoms with Crippen molar-refractivity contribution in [2.24, 2.45) is 0 Å². The van der Waals surface area contributed by atoms with E-state index in [-0.39, 0.29) is 5.54 Å². The summed E-state index contributed by atoms with van der Waals surface area (Å²) in [5, 5.41) is 0. The lowest BCUT2D eigenvalue weighted by molar-refractivity contribution is 0.220. The Morgan fingerprint density at radius 3 is 2.70 bits per heavy atom. The summed E-state index contributed by atoms with van der Waals surface area (Å²) in [6.07, 6.45) is 6.32. The minimum atomic E-state index is 0.145. The molecule has 0 unspecified atom stereocenters. The van der Waals surface area contributed by atoms with Crippen molar-refractivity contribution in [1.82, 2.24) is 9.55 Å². The van der Waals surface area contributed by atoms with Gasteiger partial charge in [-0.1, -0.05) is 19.3 Å². The lowest BCUT2D eigenvalue weighted by atomic mass is 9.83. The van der Waals surface area contributed by atoms with Crippen LogP contribution in [0.3, 0.4) is 0 Å². The maximum atomic E-state index is 6.14. The lowest BCUT2D eigenvalue weighted by Gasteiger charge is -2.36. The van der Waals surface area contributed by atoms with E-state index in [1.165, 1.54) is 37.6 Å². The molecule has 0 bridgehead atoms. The van der Waals surface area contributed by atoms with Gasteiger partial charge in [0.1, 0.15) is 11.6 Å². The van der Waals surface area contributed by atoms with Crippen molar-refractivity contribution in [3.63, 3.8) is 0 Å². The van der Waals surface area contributed by atoms with Crippen LogP contribution in [0, 0.1) is 0 Å². The molecule has 108 valence electrons. The lowest BCUT2D eigenvalue weighted by Crippen LogP contribution is -2.33.